The minimum absolute atomic E-state index is 0.263. The van der Waals surface area contributed by atoms with Gasteiger partial charge in [0.15, 0.2) is 0 Å². The summed E-state index contributed by atoms with van der Waals surface area (Å²) in [6, 6.07) is 0.602. The summed E-state index contributed by atoms with van der Waals surface area (Å²) in [5, 5.41) is 0. The lowest BCUT2D eigenvalue weighted by atomic mass is 10.1. The van der Waals surface area contributed by atoms with Gasteiger partial charge in [-0.25, -0.2) is 5.84 Å². The van der Waals surface area contributed by atoms with Crippen molar-refractivity contribution in [1.82, 2.24) is 15.0 Å². The van der Waals surface area contributed by atoms with Crippen LogP contribution < -0.4 is 20.9 Å². The lowest BCUT2D eigenvalue weighted by Crippen LogP contribution is -2.49. The van der Waals surface area contributed by atoms with Crippen molar-refractivity contribution >= 4 is 11.9 Å². The lowest BCUT2D eigenvalue weighted by molar-refractivity contribution is 0.0249. The third-order valence-electron chi connectivity index (χ3n) is 3.65. The maximum atomic E-state index is 5.78. The summed E-state index contributed by atoms with van der Waals surface area (Å²) in [7, 11) is 1.52. The van der Waals surface area contributed by atoms with Gasteiger partial charge in [0.1, 0.15) is 0 Å². The molecule has 1 aromatic heterocycles. The van der Waals surface area contributed by atoms with E-state index in [0.717, 1.165) is 19.4 Å². The number of fused-ring (bicyclic) bond motifs is 1. The van der Waals surface area contributed by atoms with Crippen LogP contribution in [0.1, 0.15) is 19.3 Å². The van der Waals surface area contributed by atoms with Crippen molar-refractivity contribution in [2.45, 2.75) is 31.4 Å². The number of morpholine rings is 1. The highest BCUT2D eigenvalue weighted by atomic mass is 16.5. The smallest absolute Gasteiger partial charge is 0.322 e. The molecule has 19 heavy (non-hydrogen) atoms. The summed E-state index contributed by atoms with van der Waals surface area (Å²) in [5.41, 5.74) is 2.44. The highest BCUT2D eigenvalue weighted by molar-refractivity contribution is 5.40. The summed E-state index contributed by atoms with van der Waals surface area (Å²) in [6.07, 6.45) is 3.66. The fourth-order valence-corrected chi connectivity index (χ4v) is 2.80. The molecule has 104 valence electrons. The van der Waals surface area contributed by atoms with E-state index in [2.05, 4.69) is 25.3 Å². The van der Waals surface area contributed by atoms with Crippen LogP contribution in [-0.4, -0.2) is 47.4 Å². The Morgan fingerprint density at radius 3 is 3.05 bits per heavy atom. The first kappa shape index (κ1) is 12.4. The Labute approximate surface area is 111 Å². The SMILES string of the molecule is COc1nc(NN)nc(N2CCOC3CCCC32)n1. The maximum absolute atomic E-state index is 5.78. The van der Waals surface area contributed by atoms with Crippen molar-refractivity contribution in [2.24, 2.45) is 5.84 Å². The molecule has 3 N–H and O–H groups in total. The maximum Gasteiger partial charge on any atom is 0.322 e. The molecule has 1 saturated heterocycles. The monoisotopic (exact) mass is 266 g/mol. The number of anilines is 2. The number of nitrogens with two attached hydrogens (primary N) is 1. The first-order valence-corrected chi connectivity index (χ1v) is 6.46. The minimum Gasteiger partial charge on any atom is -0.467 e. The second-order valence-corrected chi connectivity index (χ2v) is 4.69. The molecule has 1 aromatic rings. The fourth-order valence-electron chi connectivity index (χ4n) is 2.80. The van der Waals surface area contributed by atoms with Gasteiger partial charge in [-0.3, -0.25) is 5.43 Å². The van der Waals surface area contributed by atoms with E-state index in [0.29, 0.717) is 24.5 Å². The zero-order chi connectivity index (χ0) is 13.2. The molecule has 2 heterocycles. The van der Waals surface area contributed by atoms with Gasteiger partial charge in [0, 0.05) is 6.54 Å². The van der Waals surface area contributed by atoms with E-state index in [4.69, 9.17) is 15.3 Å². The molecule has 1 saturated carbocycles. The largest absolute Gasteiger partial charge is 0.467 e. The summed E-state index contributed by atoms with van der Waals surface area (Å²) in [6.45, 7) is 1.47. The van der Waals surface area contributed by atoms with Crippen LogP contribution in [0.15, 0.2) is 0 Å². The van der Waals surface area contributed by atoms with E-state index in [1.54, 1.807) is 0 Å². The standard InChI is InChI=1S/C11H18N6O2/c1-18-11-14-9(16-12)13-10(15-11)17-5-6-19-8-4-2-3-7(8)17/h7-8H,2-6,12H2,1H3,(H,13,14,15,16). The van der Waals surface area contributed by atoms with Gasteiger partial charge in [0.25, 0.3) is 0 Å². The number of methoxy groups -OCH3 is 1. The predicted molar refractivity (Wildman–Crippen MR) is 68.9 cm³/mol. The molecule has 2 fully saturated rings. The van der Waals surface area contributed by atoms with Crippen molar-refractivity contribution in [3.05, 3.63) is 0 Å². The first-order valence-electron chi connectivity index (χ1n) is 6.46. The second kappa shape index (κ2) is 5.14. The normalized spacial score (nSPS) is 26.1. The number of nitrogens with one attached hydrogen (secondary N) is 1. The van der Waals surface area contributed by atoms with E-state index in [9.17, 15) is 0 Å². The quantitative estimate of drug-likeness (QED) is 0.579. The number of nitrogens with zero attached hydrogens (tertiary/aromatic N) is 4. The molecule has 2 aliphatic rings. The van der Waals surface area contributed by atoms with Crippen molar-refractivity contribution < 1.29 is 9.47 Å². The zero-order valence-corrected chi connectivity index (χ0v) is 10.9. The average Bonchev–Trinajstić information content (AvgIpc) is 2.94. The van der Waals surface area contributed by atoms with Crippen molar-refractivity contribution in [1.29, 1.82) is 0 Å². The molecule has 8 nitrogen and oxygen atoms in total. The van der Waals surface area contributed by atoms with Gasteiger partial charge < -0.3 is 14.4 Å². The first-order chi connectivity index (χ1) is 9.31. The molecule has 2 atom stereocenters. The van der Waals surface area contributed by atoms with Crippen LogP contribution in [0.2, 0.25) is 0 Å². The van der Waals surface area contributed by atoms with E-state index in [1.165, 1.54) is 13.5 Å². The van der Waals surface area contributed by atoms with Gasteiger partial charge in [-0.15, -0.1) is 0 Å². The molecule has 0 bridgehead atoms. The molecular weight excluding hydrogens is 248 g/mol. The number of nitrogen functional groups attached to an aromatic ring is 1. The van der Waals surface area contributed by atoms with Gasteiger partial charge in [-0.05, 0) is 19.3 Å². The van der Waals surface area contributed by atoms with E-state index in [-0.39, 0.29) is 12.1 Å². The second-order valence-electron chi connectivity index (χ2n) is 4.69. The number of hydrogen-bond acceptors (Lipinski definition) is 8. The van der Waals surface area contributed by atoms with Crippen LogP contribution in [0.3, 0.4) is 0 Å². The number of hydrazine groups is 1. The highest BCUT2D eigenvalue weighted by Crippen LogP contribution is 2.32. The topological polar surface area (TPSA) is 98.4 Å². The number of aromatic nitrogens is 3. The highest BCUT2D eigenvalue weighted by Gasteiger charge is 2.37. The minimum atomic E-state index is 0.263. The molecule has 0 spiro atoms. The molecule has 0 aromatic carbocycles. The summed E-state index contributed by atoms with van der Waals surface area (Å²) < 4.78 is 10.9. The summed E-state index contributed by atoms with van der Waals surface area (Å²) in [5.74, 6) is 6.28. The van der Waals surface area contributed by atoms with Crippen LogP contribution in [-0.2, 0) is 4.74 Å². The van der Waals surface area contributed by atoms with Crippen LogP contribution >= 0.6 is 0 Å². The Hall–Kier alpha value is -1.67. The van der Waals surface area contributed by atoms with Crippen molar-refractivity contribution in [2.75, 3.05) is 30.6 Å². The average molecular weight is 266 g/mol. The molecule has 3 rings (SSSR count). The van der Waals surface area contributed by atoms with Crippen LogP contribution in [0, 0.1) is 0 Å². The Balaban J connectivity index is 1.91. The molecule has 0 amide bonds. The number of hydrogen-bond donors (Lipinski definition) is 2. The van der Waals surface area contributed by atoms with Crippen LogP contribution in [0.25, 0.3) is 0 Å². The molecule has 1 aliphatic heterocycles. The molecule has 8 heteroatoms. The lowest BCUT2D eigenvalue weighted by Gasteiger charge is -2.37. The van der Waals surface area contributed by atoms with Crippen LogP contribution in [0.4, 0.5) is 11.9 Å². The number of rotatable bonds is 3. The van der Waals surface area contributed by atoms with Gasteiger partial charge in [0.2, 0.25) is 11.9 Å². The van der Waals surface area contributed by atoms with Gasteiger partial charge in [0.05, 0.1) is 25.9 Å². The van der Waals surface area contributed by atoms with Gasteiger partial charge >= 0.3 is 6.01 Å². The Morgan fingerprint density at radius 2 is 2.26 bits per heavy atom. The summed E-state index contributed by atoms with van der Waals surface area (Å²) >= 11 is 0. The third-order valence-corrected chi connectivity index (χ3v) is 3.65. The Kier molecular flexibility index (Phi) is 3.34. The van der Waals surface area contributed by atoms with E-state index < -0.39 is 0 Å². The van der Waals surface area contributed by atoms with Crippen molar-refractivity contribution in [3.8, 4) is 6.01 Å². The fraction of sp³-hybridized carbons (Fsp3) is 0.727. The van der Waals surface area contributed by atoms with Crippen molar-refractivity contribution in [3.63, 3.8) is 0 Å². The van der Waals surface area contributed by atoms with Crippen LogP contribution in [0.5, 0.6) is 6.01 Å². The third kappa shape index (κ3) is 2.28. The number of ether oxygens (including phenoxy) is 2. The van der Waals surface area contributed by atoms with Gasteiger partial charge in [-0.2, -0.15) is 15.0 Å². The molecular formula is C11H18N6O2. The Morgan fingerprint density at radius 1 is 1.37 bits per heavy atom. The summed E-state index contributed by atoms with van der Waals surface area (Å²) in [4.78, 5) is 14.8. The zero-order valence-electron chi connectivity index (χ0n) is 10.9. The van der Waals surface area contributed by atoms with E-state index in [1.807, 2.05) is 0 Å². The molecule has 1 aliphatic carbocycles. The Bertz CT molecular complexity index is 435. The van der Waals surface area contributed by atoms with E-state index >= 15 is 0 Å². The molecule has 0 radical (unpaired) electrons. The molecule has 2 unspecified atom stereocenters. The predicted octanol–water partition coefficient (Wildman–Crippen LogP) is -0.0765. The van der Waals surface area contributed by atoms with Gasteiger partial charge in [-0.1, -0.05) is 0 Å².